The second-order valence-electron chi connectivity index (χ2n) is 9.26. The lowest BCUT2D eigenvalue weighted by molar-refractivity contribution is -0.228. The van der Waals surface area contributed by atoms with Crippen LogP contribution in [-0.2, 0) is 33.2 Å². The van der Waals surface area contributed by atoms with Crippen LogP contribution in [0.4, 0.5) is 0 Å². The van der Waals surface area contributed by atoms with E-state index in [1.807, 2.05) is 0 Å². The van der Waals surface area contributed by atoms with Crippen molar-refractivity contribution in [1.29, 1.82) is 0 Å². The van der Waals surface area contributed by atoms with Gasteiger partial charge in [0.05, 0.1) is 26.4 Å². The Bertz CT molecular complexity index is 731. The molecular formula is C20H34O17. The van der Waals surface area contributed by atoms with Gasteiger partial charge < -0.3 is 84.2 Å². The Morgan fingerprint density at radius 3 is 1.43 bits per heavy atom. The maximum absolute atomic E-state index is 10.8. The van der Waals surface area contributed by atoms with Gasteiger partial charge in [-0.25, -0.2) is 0 Å². The predicted molar refractivity (Wildman–Crippen MR) is 110 cm³/mol. The third-order valence-electron chi connectivity index (χ3n) is 6.77. The third-order valence-corrected chi connectivity index (χ3v) is 6.77. The molecule has 4 heterocycles. The molecule has 17 heteroatoms. The normalized spacial score (nSPS) is 52.4. The molecule has 0 aliphatic carbocycles. The quantitative estimate of drug-likeness (QED) is 0.122. The molecule has 0 amide bonds. The molecule has 0 spiro atoms. The average Bonchev–Trinajstić information content (AvgIpc) is 3.52. The van der Waals surface area contributed by atoms with E-state index in [0.29, 0.717) is 0 Å². The summed E-state index contributed by atoms with van der Waals surface area (Å²) < 4.78 is 37.8. The smallest absolute Gasteiger partial charge is 0.187 e. The predicted octanol–water partition coefficient (Wildman–Crippen LogP) is -7.19. The van der Waals surface area contributed by atoms with Crippen LogP contribution in [0.1, 0.15) is 0 Å². The summed E-state index contributed by atoms with van der Waals surface area (Å²) >= 11 is 0. The zero-order valence-electron chi connectivity index (χ0n) is 19.4. The van der Waals surface area contributed by atoms with Crippen LogP contribution < -0.4 is 0 Å². The maximum atomic E-state index is 10.8. The van der Waals surface area contributed by atoms with Gasteiger partial charge >= 0.3 is 0 Å². The maximum Gasteiger partial charge on any atom is 0.187 e. The van der Waals surface area contributed by atoms with Crippen LogP contribution in [0.25, 0.3) is 0 Å². The molecule has 37 heavy (non-hydrogen) atoms. The van der Waals surface area contributed by atoms with Crippen molar-refractivity contribution in [1.82, 2.24) is 0 Å². The number of ether oxygens (including phenoxy) is 7. The molecule has 4 aliphatic rings. The van der Waals surface area contributed by atoms with Crippen molar-refractivity contribution in [2.45, 2.75) is 98.4 Å². The summed E-state index contributed by atoms with van der Waals surface area (Å²) in [5, 5.41) is 98.6. The number of rotatable bonds is 10. The van der Waals surface area contributed by atoms with Crippen LogP contribution in [0, 0.1) is 0 Å². The Morgan fingerprint density at radius 1 is 0.459 bits per heavy atom. The van der Waals surface area contributed by atoms with E-state index < -0.39 is 125 Å². The van der Waals surface area contributed by atoms with E-state index in [1.165, 1.54) is 0 Å². The lowest BCUT2D eigenvalue weighted by Gasteiger charge is -2.26. The highest BCUT2D eigenvalue weighted by molar-refractivity contribution is 4.94. The van der Waals surface area contributed by atoms with Crippen molar-refractivity contribution in [3.8, 4) is 0 Å². The molecule has 4 aliphatic heterocycles. The first-order valence-electron chi connectivity index (χ1n) is 11.7. The summed E-state index contributed by atoms with van der Waals surface area (Å²) in [5.41, 5.74) is 0. The molecule has 4 saturated heterocycles. The van der Waals surface area contributed by atoms with Crippen LogP contribution in [0.5, 0.6) is 0 Å². The highest BCUT2D eigenvalue weighted by Gasteiger charge is 2.52. The molecule has 4 rings (SSSR count). The Morgan fingerprint density at radius 2 is 0.919 bits per heavy atom. The van der Waals surface area contributed by atoms with E-state index in [4.69, 9.17) is 33.2 Å². The Labute approximate surface area is 209 Å². The SMILES string of the molecule is OC[C@@H]1O[C@@H](OC[C@@H]2O[C@@H](OC[C@@H]3OC(O)[C@H](O)[C@H]3O)[C@H](O)[C@H]2O[C@@H]2O[C@@H](CO)[C@H](O)[C@H]2O)[C@H](O)[C@H]1O. The summed E-state index contributed by atoms with van der Waals surface area (Å²) in [6, 6.07) is 0. The number of hydrogen-bond acceptors (Lipinski definition) is 17. The van der Waals surface area contributed by atoms with Crippen molar-refractivity contribution in [3.05, 3.63) is 0 Å². The monoisotopic (exact) mass is 546 g/mol. The van der Waals surface area contributed by atoms with Gasteiger partial charge in [-0.05, 0) is 0 Å². The Hall–Kier alpha value is -0.680. The lowest BCUT2D eigenvalue weighted by Crippen LogP contribution is -2.44. The summed E-state index contributed by atoms with van der Waals surface area (Å²) in [7, 11) is 0. The molecule has 0 aromatic rings. The van der Waals surface area contributed by atoms with E-state index in [0.717, 1.165) is 0 Å². The number of aliphatic hydroxyl groups excluding tert-OH is 10. The Balaban J connectivity index is 1.41. The van der Waals surface area contributed by atoms with Gasteiger partial charge in [-0.15, -0.1) is 0 Å². The minimum absolute atomic E-state index is 0.428. The fourth-order valence-electron chi connectivity index (χ4n) is 4.53. The van der Waals surface area contributed by atoms with E-state index in [-0.39, 0.29) is 0 Å². The molecule has 0 radical (unpaired) electrons. The second kappa shape index (κ2) is 12.2. The topological polar surface area (TPSA) is 267 Å². The van der Waals surface area contributed by atoms with Gasteiger partial charge in [0.25, 0.3) is 0 Å². The molecule has 0 saturated carbocycles. The summed E-state index contributed by atoms with van der Waals surface area (Å²) in [6.07, 6.45) is -22.5. The highest BCUT2D eigenvalue weighted by atomic mass is 16.8. The molecule has 0 aromatic carbocycles. The fraction of sp³-hybridized carbons (Fsp3) is 1.00. The van der Waals surface area contributed by atoms with Crippen molar-refractivity contribution in [2.24, 2.45) is 0 Å². The first-order chi connectivity index (χ1) is 17.6. The molecule has 1 unspecified atom stereocenters. The van der Waals surface area contributed by atoms with Gasteiger partial charge in [0.15, 0.2) is 25.2 Å². The van der Waals surface area contributed by atoms with E-state index in [2.05, 4.69) is 0 Å². The average molecular weight is 546 g/mol. The zero-order chi connectivity index (χ0) is 27.0. The molecule has 216 valence electrons. The van der Waals surface area contributed by atoms with Crippen LogP contribution in [0.2, 0.25) is 0 Å². The summed E-state index contributed by atoms with van der Waals surface area (Å²) in [5.74, 6) is 0. The number of aliphatic hydroxyl groups is 10. The fourth-order valence-corrected chi connectivity index (χ4v) is 4.53. The van der Waals surface area contributed by atoms with Gasteiger partial charge in [0.1, 0.15) is 73.2 Å². The van der Waals surface area contributed by atoms with E-state index >= 15 is 0 Å². The standard InChI is InChI=1S/C20H34O17/c21-1-5-9(23)13(27)18(34-5)32-4-8-16(37-20-14(28)10(24)6(2-22)35-20)15(29)19(36-8)31-3-7-11(25)12(26)17(30)33-7/h5-30H,1-4H2/t5-,6-,7-,8-,9-,10-,11-,12+,13+,14+,15+,16-,17?,18+,19+,20-/m0/s1. The van der Waals surface area contributed by atoms with Crippen molar-refractivity contribution in [2.75, 3.05) is 26.4 Å². The van der Waals surface area contributed by atoms with Gasteiger partial charge in [-0.2, -0.15) is 0 Å². The van der Waals surface area contributed by atoms with Crippen molar-refractivity contribution in [3.63, 3.8) is 0 Å². The summed E-state index contributed by atoms with van der Waals surface area (Å²) in [4.78, 5) is 0. The largest absolute Gasteiger partial charge is 0.394 e. The van der Waals surface area contributed by atoms with Crippen molar-refractivity contribution < 1.29 is 84.2 Å². The van der Waals surface area contributed by atoms with Gasteiger partial charge in [-0.1, -0.05) is 0 Å². The molecular weight excluding hydrogens is 512 g/mol. The van der Waals surface area contributed by atoms with Crippen molar-refractivity contribution >= 4 is 0 Å². The molecule has 10 N–H and O–H groups in total. The first-order valence-corrected chi connectivity index (χ1v) is 11.7. The molecule has 16 atom stereocenters. The minimum Gasteiger partial charge on any atom is -0.394 e. The molecule has 4 fully saturated rings. The molecule has 17 nitrogen and oxygen atoms in total. The van der Waals surface area contributed by atoms with Gasteiger partial charge in [0, 0.05) is 0 Å². The van der Waals surface area contributed by atoms with Gasteiger partial charge in [-0.3, -0.25) is 0 Å². The minimum atomic E-state index is -1.64. The van der Waals surface area contributed by atoms with Crippen LogP contribution in [0.3, 0.4) is 0 Å². The Kier molecular flexibility index (Phi) is 9.69. The second-order valence-corrected chi connectivity index (χ2v) is 9.26. The molecule has 0 bridgehead atoms. The highest BCUT2D eigenvalue weighted by Crippen LogP contribution is 2.32. The van der Waals surface area contributed by atoms with Crippen LogP contribution >= 0.6 is 0 Å². The molecule has 0 aromatic heterocycles. The van der Waals surface area contributed by atoms with Crippen LogP contribution in [0.15, 0.2) is 0 Å². The summed E-state index contributed by atoms with van der Waals surface area (Å²) in [6.45, 7) is -2.06. The third kappa shape index (κ3) is 5.93. The van der Waals surface area contributed by atoms with Gasteiger partial charge in [0.2, 0.25) is 0 Å². The van der Waals surface area contributed by atoms with E-state index in [1.54, 1.807) is 0 Å². The lowest BCUT2D eigenvalue weighted by atomic mass is 10.1. The first kappa shape index (κ1) is 29.3. The zero-order valence-corrected chi connectivity index (χ0v) is 19.4. The van der Waals surface area contributed by atoms with Crippen LogP contribution in [-0.4, -0.2) is 176 Å². The number of hydrogen-bond donors (Lipinski definition) is 10. The van der Waals surface area contributed by atoms with E-state index in [9.17, 15) is 51.1 Å².